The molecular formula is C16H23NO3. The van der Waals surface area contributed by atoms with E-state index in [1.54, 1.807) is 7.11 Å². The molecule has 1 N–H and O–H groups in total. The van der Waals surface area contributed by atoms with Gasteiger partial charge in [-0.05, 0) is 18.6 Å². The maximum atomic E-state index is 5.81. The van der Waals surface area contributed by atoms with Crippen LogP contribution in [0.5, 0.6) is 5.75 Å². The minimum atomic E-state index is 0.703. The Labute approximate surface area is 120 Å². The summed E-state index contributed by atoms with van der Waals surface area (Å²) in [4.78, 5) is 0. The number of unbranched alkanes of at least 4 members (excludes halogenated alkanes) is 1. The van der Waals surface area contributed by atoms with Crippen molar-refractivity contribution >= 4 is 11.0 Å². The van der Waals surface area contributed by atoms with Crippen LogP contribution in [0.15, 0.2) is 28.7 Å². The maximum Gasteiger partial charge on any atom is 0.176 e. The fourth-order valence-electron chi connectivity index (χ4n) is 2.04. The van der Waals surface area contributed by atoms with E-state index >= 15 is 0 Å². The molecule has 1 aromatic heterocycles. The van der Waals surface area contributed by atoms with Gasteiger partial charge in [-0.3, -0.25) is 0 Å². The first-order chi connectivity index (χ1) is 9.85. The van der Waals surface area contributed by atoms with Gasteiger partial charge in [-0.2, -0.15) is 0 Å². The maximum absolute atomic E-state index is 5.81. The van der Waals surface area contributed by atoms with E-state index in [1.807, 2.05) is 24.3 Å². The van der Waals surface area contributed by atoms with Gasteiger partial charge in [-0.25, -0.2) is 0 Å². The van der Waals surface area contributed by atoms with Crippen molar-refractivity contribution in [2.75, 3.05) is 26.9 Å². The molecule has 0 amide bonds. The Morgan fingerprint density at radius 2 is 2.15 bits per heavy atom. The minimum absolute atomic E-state index is 0.703. The molecule has 1 heterocycles. The fourth-order valence-corrected chi connectivity index (χ4v) is 2.04. The summed E-state index contributed by atoms with van der Waals surface area (Å²) in [5, 5.41) is 4.39. The van der Waals surface area contributed by atoms with Crippen molar-refractivity contribution in [3.05, 3.63) is 30.0 Å². The minimum Gasteiger partial charge on any atom is -0.493 e. The first kappa shape index (κ1) is 14.9. The number of methoxy groups -OCH3 is 1. The normalized spacial score (nSPS) is 11.1. The molecule has 20 heavy (non-hydrogen) atoms. The summed E-state index contributed by atoms with van der Waals surface area (Å²) in [6.45, 7) is 5.29. The third-order valence-electron chi connectivity index (χ3n) is 3.14. The highest BCUT2D eigenvalue weighted by molar-refractivity contribution is 5.83. The lowest BCUT2D eigenvalue weighted by atomic mass is 10.2. The SMILES string of the molecule is CCCCOCCNCc1cc2cccc(OC)c2o1. The standard InChI is InChI=1S/C16H23NO3/c1-3-4-9-19-10-8-17-12-14-11-13-6-5-7-15(18-2)16(13)20-14/h5-7,11,17H,3-4,8-10,12H2,1-2H3. The highest BCUT2D eigenvalue weighted by Gasteiger charge is 2.07. The third-order valence-corrected chi connectivity index (χ3v) is 3.14. The lowest BCUT2D eigenvalue weighted by Crippen LogP contribution is -2.19. The molecule has 0 unspecified atom stereocenters. The van der Waals surface area contributed by atoms with E-state index in [0.29, 0.717) is 6.54 Å². The second kappa shape index (κ2) is 7.92. The number of hydrogen-bond acceptors (Lipinski definition) is 4. The lowest BCUT2D eigenvalue weighted by molar-refractivity contribution is 0.132. The Morgan fingerprint density at radius 3 is 2.95 bits per heavy atom. The van der Waals surface area contributed by atoms with E-state index in [1.165, 1.54) is 6.42 Å². The number of ether oxygens (including phenoxy) is 2. The molecular weight excluding hydrogens is 254 g/mol. The average molecular weight is 277 g/mol. The van der Waals surface area contributed by atoms with Gasteiger partial charge in [-0.1, -0.05) is 25.5 Å². The van der Waals surface area contributed by atoms with Gasteiger partial charge in [0.2, 0.25) is 0 Å². The van der Waals surface area contributed by atoms with Crippen LogP contribution in [0.2, 0.25) is 0 Å². The van der Waals surface area contributed by atoms with Gasteiger partial charge in [0.05, 0.1) is 20.3 Å². The van der Waals surface area contributed by atoms with Crippen LogP contribution in [0.25, 0.3) is 11.0 Å². The Morgan fingerprint density at radius 1 is 1.25 bits per heavy atom. The van der Waals surface area contributed by atoms with Gasteiger partial charge in [0, 0.05) is 18.5 Å². The summed E-state index contributed by atoms with van der Waals surface area (Å²) in [7, 11) is 1.66. The van der Waals surface area contributed by atoms with Crippen LogP contribution in [0.1, 0.15) is 25.5 Å². The molecule has 0 aliphatic carbocycles. The zero-order chi connectivity index (χ0) is 14.2. The summed E-state index contributed by atoms with van der Waals surface area (Å²) in [5.74, 6) is 1.69. The molecule has 0 atom stereocenters. The number of nitrogens with one attached hydrogen (secondary N) is 1. The molecule has 2 rings (SSSR count). The Kier molecular flexibility index (Phi) is 5.89. The van der Waals surface area contributed by atoms with Gasteiger partial charge < -0.3 is 19.2 Å². The number of fused-ring (bicyclic) bond motifs is 1. The van der Waals surface area contributed by atoms with E-state index in [-0.39, 0.29) is 0 Å². The highest BCUT2D eigenvalue weighted by Crippen LogP contribution is 2.28. The van der Waals surface area contributed by atoms with Gasteiger partial charge >= 0.3 is 0 Å². The summed E-state index contributed by atoms with van der Waals surface area (Å²) in [6.07, 6.45) is 2.30. The number of benzene rings is 1. The Bertz CT molecular complexity index is 521. The van der Waals surface area contributed by atoms with Gasteiger partial charge in [-0.15, -0.1) is 0 Å². The zero-order valence-corrected chi connectivity index (χ0v) is 12.3. The molecule has 0 fully saturated rings. The average Bonchev–Trinajstić information content (AvgIpc) is 2.89. The largest absolute Gasteiger partial charge is 0.493 e. The molecule has 110 valence electrons. The van der Waals surface area contributed by atoms with Crippen LogP contribution in [-0.2, 0) is 11.3 Å². The van der Waals surface area contributed by atoms with Crippen LogP contribution < -0.4 is 10.1 Å². The monoisotopic (exact) mass is 277 g/mol. The van der Waals surface area contributed by atoms with Crippen molar-refractivity contribution in [1.29, 1.82) is 0 Å². The molecule has 4 heteroatoms. The molecule has 0 saturated carbocycles. The van der Waals surface area contributed by atoms with Crippen molar-refractivity contribution in [2.24, 2.45) is 0 Å². The molecule has 0 spiro atoms. The van der Waals surface area contributed by atoms with Crippen LogP contribution in [-0.4, -0.2) is 26.9 Å². The molecule has 0 bridgehead atoms. The van der Waals surface area contributed by atoms with Crippen molar-refractivity contribution in [1.82, 2.24) is 5.32 Å². The topological polar surface area (TPSA) is 43.6 Å². The smallest absolute Gasteiger partial charge is 0.176 e. The molecule has 0 radical (unpaired) electrons. The van der Waals surface area contributed by atoms with E-state index in [9.17, 15) is 0 Å². The predicted molar refractivity (Wildman–Crippen MR) is 80.2 cm³/mol. The number of furan rings is 1. The van der Waals surface area contributed by atoms with Crippen molar-refractivity contribution in [3.8, 4) is 5.75 Å². The van der Waals surface area contributed by atoms with Crippen LogP contribution in [0.4, 0.5) is 0 Å². The summed E-state index contributed by atoms with van der Waals surface area (Å²) >= 11 is 0. The predicted octanol–water partition coefficient (Wildman–Crippen LogP) is 3.35. The molecule has 1 aromatic carbocycles. The van der Waals surface area contributed by atoms with E-state index in [4.69, 9.17) is 13.9 Å². The first-order valence-electron chi connectivity index (χ1n) is 7.19. The van der Waals surface area contributed by atoms with Gasteiger partial charge in [0.1, 0.15) is 5.76 Å². The second-order valence-corrected chi connectivity index (χ2v) is 4.73. The van der Waals surface area contributed by atoms with Crippen LogP contribution in [0.3, 0.4) is 0 Å². The third kappa shape index (κ3) is 3.99. The lowest BCUT2D eigenvalue weighted by Gasteiger charge is -2.04. The fraction of sp³-hybridized carbons (Fsp3) is 0.500. The number of para-hydroxylation sites is 1. The summed E-state index contributed by atoms with van der Waals surface area (Å²) in [5.41, 5.74) is 0.811. The van der Waals surface area contributed by atoms with Crippen molar-refractivity contribution < 1.29 is 13.9 Å². The van der Waals surface area contributed by atoms with Crippen LogP contribution >= 0.6 is 0 Å². The molecule has 2 aromatic rings. The van der Waals surface area contributed by atoms with Crippen molar-refractivity contribution in [3.63, 3.8) is 0 Å². The number of rotatable bonds is 9. The van der Waals surface area contributed by atoms with Crippen molar-refractivity contribution in [2.45, 2.75) is 26.3 Å². The van der Waals surface area contributed by atoms with E-state index < -0.39 is 0 Å². The molecule has 0 saturated heterocycles. The quantitative estimate of drug-likeness (QED) is 0.714. The van der Waals surface area contributed by atoms with E-state index in [0.717, 1.165) is 48.7 Å². The van der Waals surface area contributed by atoms with Gasteiger partial charge in [0.15, 0.2) is 11.3 Å². The molecule has 0 aliphatic heterocycles. The summed E-state index contributed by atoms with van der Waals surface area (Å²) in [6, 6.07) is 7.95. The van der Waals surface area contributed by atoms with Gasteiger partial charge in [0.25, 0.3) is 0 Å². The second-order valence-electron chi connectivity index (χ2n) is 4.73. The molecule has 4 nitrogen and oxygen atoms in total. The number of hydrogen-bond donors (Lipinski definition) is 1. The summed E-state index contributed by atoms with van der Waals surface area (Å²) < 4.78 is 16.6. The van der Waals surface area contributed by atoms with Crippen LogP contribution in [0, 0.1) is 0 Å². The zero-order valence-electron chi connectivity index (χ0n) is 12.3. The highest BCUT2D eigenvalue weighted by atomic mass is 16.5. The molecule has 0 aliphatic rings. The first-order valence-corrected chi connectivity index (χ1v) is 7.19. The Balaban J connectivity index is 1.79. The van der Waals surface area contributed by atoms with E-state index in [2.05, 4.69) is 12.2 Å². The Hall–Kier alpha value is -1.52.